The molecule has 1 saturated carbocycles. The quantitative estimate of drug-likeness (QED) is 0.800. The van der Waals surface area contributed by atoms with Crippen molar-refractivity contribution in [1.29, 1.82) is 0 Å². The summed E-state index contributed by atoms with van der Waals surface area (Å²) in [4.78, 5) is 25.1. The molecule has 4 heteroatoms. The zero-order valence-corrected chi connectivity index (χ0v) is 13.0. The van der Waals surface area contributed by atoms with E-state index in [0.29, 0.717) is 6.54 Å². The molecule has 1 fully saturated rings. The van der Waals surface area contributed by atoms with Gasteiger partial charge in [0, 0.05) is 11.8 Å². The van der Waals surface area contributed by atoms with Crippen molar-refractivity contribution in [2.24, 2.45) is 0 Å². The molecule has 23 heavy (non-hydrogen) atoms. The van der Waals surface area contributed by atoms with Gasteiger partial charge in [-0.3, -0.25) is 4.79 Å². The second-order valence-corrected chi connectivity index (χ2v) is 6.47. The minimum Gasteiger partial charge on any atom is -0.450 e. The number of fused-ring (bicyclic) bond motifs is 2. The van der Waals surface area contributed by atoms with Gasteiger partial charge >= 0.3 is 5.97 Å². The summed E-state index contributed by atoms with van der Waals surface area (Å²) in [6.45, 7) is 0.466. The Morgan fingerprint density at radius 2 is 1.74 bits per heavy atom. The molecule has 0 atom stereocenters. The fraction of sp³-hybridized carbons (Fsp3) is 0.368. The molecule has 2 heterocycles. The zero-order chi connectivity index (χ0) is 15.9. The second kappa shape index (κ2) is 5.37. The first kappa shape index (κ1) is 14.2. The van der Waals surface area contributed by atoms with Gasteiger partial charge in [0.05, 0.1) is 6.54 Å². The van der Waals surface area contributed by atoms with Gasteiger partial charge in [-0.25, -0.2) is 4.79 Å². The fourth-order valence-electron chi connectivity index (χ4n) is 3.83. The van der Waals surface area contributed by atoms with Gasteiger partial charge < -0.3 is 9.30 Å². The van der Waals surface area contributed by atoms with Crippen LogP contribution in [0.15, 0.2) is 47.4 Å². The molecule has 1 aliphatic carbocycles. The van der Waals surface area contributed by atoms with Gasteiger partial charge in [-0.2, -0.15) is 0 Å². The normalized spacial score (nSPS) is 18.7. The molecular weight excluding hydrogens is 290 g/mol. The molecule has 0 unspecified atom stereocenters. The SMILES string of the molecule is O=C1OC2(CCCCC2)c2ccn(Cc3ccccc3)c(=O)c21. The molecule has 1 aromatic carbocycles. The Balaban J connectivity index is 1.76. The van der Waals surface area contributed by atoms with Gasteiger partial charge in [0.2, 0.25) is 0 Å². The standard InChI is InChI=1S/C19H19NO3/c21-17-16-15(19(23-18(16)22)10-5-2-6-11-19)9-12-20(17)13-14-7-3-1-4-8-14/h1,3-4,7-9,12H,2,5-6,10-11,13H2. The highest BCUT2D eigenvalue weighted by Crippen LogP contribution is 2.45. The highest BCUT2D eigenvalue weighted by molar-refractivity contribution is 5.94. The van der Waals surface area contributed by atoms with E-state index in [4.69, 9.17) is 4.74 Å². The molecule has 4 nitrogen and oxygen atoms in total. The van der Waals surface area contributed by atoms with E-state index in [2.05, 4.69) is 0 Å². The van der Waals surface area contributed by atoms with Crippen LogP contribution in [0.4, 0.5) is 0 Å². The van der Waals surface area contributed by atoms with Crippen LogP contribution in [-0.2, 0) is 16.9 Å². The van der Waals surface area contributed by atoms with E-state index >= 15 is 0 Å². The zero-order valence-electron chi connectivity index (χ0n) is 13.0. The third kappa shape index (κ3) is 2.29. The molecule has 0 amide bonds. The number of rotatable bonds is 2. The molecular formula is C19H19NO3. The number of nitrogens with zero attached hydrogens (tertiary/aromatic N) is 1. The second-order valence-electron chi connectivity index (χ2n) is 6.47. The number of hydrogen-bond acceptors (Lipinski definition) is 3. The van der Waals surface area contributed by atoms with E-state index < -0.39 is 11.6 Å². The van der Waals surface area contributed by atoms with Crippen LogP contribution >= 0.6 is 0 Å². The molecule has 1 aromatic heterocycles. The summed E-state index contributed by atoms with van der Waals surface area (Å²) in [6, 6.07) is 11.7. The number of carbonyl (C=O) groups excluding carboxylic acids is 1. The summed E-state index contributed by atoms with van der Waals surface area (Å²) < 4.78 is 7.29. The van der Waals surface area contributed by atoms with Crippen molar-refractivity contribution in [2.45, 2.75) is 44.2 Å². The van der Waals surface area contributed by atoms with Crippen molar-refractivity contribution < 1.29 is 9.53 Å². The van der Waals surface area contributed by atoms with Crippen LogP contribution in [0.3, 0.4) is 0 Å². The van der Waals surface area contributed by atoms with E-state index in [0.717, 1.165) is 36.8 Å². The third-order valence-corrected chi connectivity index (χ3v) is 5.01. The van der Waals surface area contributed by atoms with Crippen LogP contribution in [0.5, 0.6) is 0 Å². The van der Waals surface area contributed by atoms with Crippen molar-refractivity contribution in [1.82, 2.24) is 4.57 Å². The fourth-order valence-corrected chi connectivity index (χ4v) is 3.83. The van der Waals surface area contributed by atoms with Crippen molar-refractivity contribution in [2.75, 3.05) is 0 Å². The predicted molar refractivity (Wildman–Crippen MR) is 86.4 cm³/mol. The van der Waals surface area contributed by atoms with Gasteiger partial charge in [-0.1, -0.05) is 36.8 Å². The number of esters is 1. The van der Waals surface area contributed by atoms with E-state index in [1.165, 1.54) is 6.42 Å². The van der Waals surface area contributed by atoms with Crippen LogP contribution in [0.25, 0.3) is 0 Å². The first-order valence-electron chi connectivity index (χ1n) is 8.21. The van der Waals surface area contributed by atoms with Gasteiger partial charge in [0.1, 0.15) is 11.2 Å². The first-order valence-corrected chi connectivity index (χ1v) is 8.21. The monoisotopic (exact) mass is 309 g/mol. The summed E-state index contributed by atoms with van der Waals surface area (Å²) in [5.74, 6) is -0.450. The molecule has 118 valence electrons. The summed E-state index contributed by atoms with van der Waals surface area (Å²) in [5.41, 5.74) is 1.30. The molecule has 2 aliphatic rings. The Labute approximate surface area is 134 Å². The smallest absolute Gasteiger partial charge is 0.345 e. The maximum Gasteiger partial charge on any atom is 0.345 e. The van der Waals surface area contributed by atoms with Crippen LogP contribution in [0.1, 0.15) is 53.6 Å². The van der Waals surface area contributed by atoms with Crippen LogP contribution < -0.4 is 5.56 Å². The maximum absolute atomic E-state index is 12.8. The Hall–Kier alpha value is -2.36. The summed E-state index contributed by atoms with van der Waals surface area (Å²) >= 11 is 0. The molecule has 0 N–H and O–H groups in total. The van der Waals surface area contributed by atoms with E-state index in [1.54, 1.807) is 10.8 Å². The van der Waals surface area contributed by atoms with Gasteiger partial charge in [-0.15, -0.1) is 0 Å². The highest BCUT2D eigenvalue weighted by atomic mass is 16.6. The largest absolute Gasteiger partial charge is 0.450 e. The van der Waals surface area contributed by atoms with Crippen LogP contribution in [0, 0.1) is 0 Å². The Morgan fingerprint density at radius 3 is 2.48 bits per heavy atom. The minimum absolute atomic E-state index is 0.237. The molecule has 0 radical (unpaired) electrons. The average Bonchev–Trinajstić information content (AvgIpc) is 2.84. The number of aromatic nitrogens is 1. The first-order chi connectivity index (χ1) is 11.2. The summed E-state index contributed by atoms with van der Waals surface area (Å²) in [7, 11) is 0. The Morgan fingerprint density at radius 1 is 1.00 bits per heavy atom. The van der Waals surface area contributed by atoms with Gasteiger partial charge in [-0.05, 0) is 37.3 Å². The lowest BCUT2D eigenvalue weighted by atomic mass is 9.80. The van der Waals surface area contributed by atoms with Crippen molar-refractivity contribution in [3.05, 3.63) is 69.6 Å². The maximum atomic E-state index is 12.8. The van der Waals surface area contributed by atoms with Crippen molar-refractivity contribution in [3.63, 3.8) is 0 Å². The number of pyridine rings is 1. The highest BCUT2D eigenvalue weighted by Gasteiger charge is 2.47. The molecule has 2 aromatic rings. The van der Waals surface area contributed by atoms with Crippen molar-refractivity contribution >= 4 is 5.97 Å². The van der Waals surface area contributed by atoms with E-state index in [-0.39, 0.29) is 11.1 Å². The summed E-state index contributed by atoms with van der Waals surface area (Å²) in [5, 5.41) is 0. The third-order valence-electron chi connectivity index (χ3n) is 5.01. The Bertz CT molecular complexity index is 801. The van der Waals surface area contributed by atoms with Crippen LogP contribution in [0.2, 0.25) is 0 Å². The van der Waals surface area contributed by atoms with E-state index in [1.807, 2.05) is 36.4 Å². The average molecular weight is 309 g/mol. The number of hydrogen-bond donors (Lipinski definition) is 0. The molecule has 0 bridgehead atoms. The lowest BCUT2D eigenvalue weighted by Crippen LogP contribution is -2.30. The molecule has 1 spiro atoms. The molecule has 0 saturated heterocycles. The predicted octanol–water partition coefficient (Wildman–Crippen LogP) is 3.23. The van der Waals surface area contributed by atoms with Crippen LogP contribution in [-0.4, -0.2) is 10.5 Å². The van der Waals surface area contributed by atoms with Crippen molar-refractivity contribution in [3.8, 4) is 0 Å². The number of benzene rings is 1. The Kier molecular flexibility index (Phi) is 3.33. The number of ether oxygens (including phenoxy) is 1. The molecule has 1 aliphatic heterocycles. The lowest BCUT2D eigenvalue weighted by Gasteiger charge is -2.32. The minimum atomic E-state index is -0.546. The van der Waals surface area contributed by atoms with E-state index in [9.17, 15) is 9.59 Å². The topological polar surface area (TPSA) is 48.3 Å². The van der Waals surface area contributed by atoms with Gasteiger partial charge in [0.25, 0.3) is 5.56 Å². The summed E-state index contributed by atoms with van der Waals surface area (Å²) in [6.07, 6.45) is 6.70. The lowest BCUT2D eigenvalue weighted by molar-refractivity contribution is -0.0280. The molecule has 4 rings (SSSR count). The number of carbonyl (C=O) groups is 1. The van der Waals surface area contributed by atoms with Gasteiger partial charge in [0.15, 0.2) is 0 Å².